The molecule has 2 N–H and O–H groups in total. The van der Waals surface area contributed by atoms with Crippen LogP contribution in [0.15, 0.2) is 12.3 Å². The number of aromatic nitrogens is 1. The second kappa shape index (κ2) is 6.71. The van der Waals surface area contributed by atoms with Gasteiger partial charge in [-0.1, -0.05) is 12.8 Å². The Bertz CT molecular complexity index is 526. The Morgan fingerprint density at radius 2 is 2.24 bits per heavy atom. The topological polar surface area (TPSA) is 97.4 Å². The second-order valence-electron chi connectivity index (χ2n) is 5.45. The lowest BCUT2D eigenvalue weighted by Crippen LogP contribution is -2.37. The van der Waals surface area contributed by atoms with E-state index in [0.717, 1.165) is 25.7 Å². The lowest BCUT2D eigenvalue weighted by Gasteiger charge is -2.27. The van der Waals surface area contributed by atoms with Gasteiger partial charge in [0.15, 0.2) is 0 Å². The van der Waals surface area contributed by atoms with Gasteiger partial charge >= 0.3 is 0 Å². The summed E-state index contributed by atoms with van der Waals surface area (Å²) in [6.07, 6.45) is 4.76. The van der Waals surface area contributed by atoms with Gasteiger partial charge in [0, 0.05) is 25.1 Å². The Morgan fingerprint density at radius 3 is 2.86 bits per heavy atom. The average molecular weight is 295 g/mol. The lowest BCUT2D eigenvalue weighted by atomic mass is 9.86. The van der Waals surface area contributed by atoms with Crippen LogP contribution in [0, 0.1) is 16.0 Å². The predicted octanol–water partition coefficient (Wildman–Crippen LogP) is 1.70. The summed E-state index contributed by atoms with van der Waals surface area (Å²) >= 11 is 0. The molecule has 1 saturated carbocycles. The van der Waals surface area contributed by atoms with Crippen molar-refractivity contribution in [3.05, 3.63) is 28.1 Å². The molecule has 0 spiro atoms. The number of aryl methyl sites for hydroxylation is 1. The third-order valence-corrected chi connectivity index (χ3v) is 4.06. The van der Waals surface area contributed by atoms with Gasteiger partial charge in [-0.05, 0) is 19.8 Å². The predicted molar refractivity (Wildman–Crippen MR) is 77.1 cm³/mol. The van der Waals surface area contributed by atoms with E-state index in [-0.39, 0.29) is 29.3 Å². The number of nitrogens with zero attached hydrogens (tertiary/aromatic N) is 2. The first-order valence-electron chi connectivity index (χ1n) is 7.33. The lowest BCUT2D eigenvalue weighted by molar-refractivity contribution is -0.384. The Labute approximate surface area is 123 Å². The van der Waals surface area contributed by atoms with E-state index >= 15 is 0 Å². The maximum atomic E-state index is 12.2. The SMILES string of the molecule is CCn1cc([N+](=O)[O-])cc1C(=O)NCC1CCCCC1O. The number of nitro groups is 1. The minimum atomic E-state index is -0.506. The van der Waals surface area contributed by atoms with Crippen LogP contribution >= 0.6 is 0 Å². The molecule has 1 amide bonds. The second-order valence-corrected chi connectivity index (χ2v) is 5.45. The zero-order valence-corrected chi connectivity index (χ0v) is 12.1. The highest BCUT2D eigenvalue weighted by molar-refractivity contribution is 5.93. The standard InChI is InChI=1S/C14H21N3O4/c1-2-16-9-11(17(20)21)7-12(16)14(19)15-8-10-5-3-4-6-13(10)18/h7,9-10,13,18H,2-6,8H2,1H3,(H,15,19). The molecule has 1 aromatic heterocycles. The maximum Gasteiger partial charge on any atom is 0.287 e. The normalized spacial score (nSPS) is 22.0. The number of nitrogens with one attached hydrogen (secondary N) is 1. The van der Waals surface area contributed by atoms with Crippen molar-refractivity contribution < 1.29 is 14.8 Å². The molecule has 21 heavy (non-hydrogen) atoms. The van der Waals surface area contributed by atoms with E-state index in [2.05, 4.69) is 5.32 Å². The molecule has 7 heteroatoms. The molecular formula is C14H21N3O4. The van der Waals surface area contributed by atoms with Gasteiger partial charge < -0.3 is 15.0 Å². The van der Waals surface area contributed by atoms with Crippen LogP contribution in [0.2, 0.25) is 0 Å². The third kappa shape index (κ3) is 3.60. The average Bonchev–Trinajstić information content (AvgIpc) is 2.90. The van der Waals surface area contributed by atoms with Crippen molar-refractivity contribution in [3.8, 4) is 0 Å². The summed E-state index contributed by atoms with van der Waals surface area (Å²) in [6, 6.07) is 1.29. The first-order valence-corrected chi connectivity index (χ1v) is 7.33. The molecule has 0 saturated heterocycles. The van der Waals surface area contributed by atoms with Gasteiger partial charge in [-0.2, -0.15) is 0 Å². The number of hydrogen-bond acceptors (Lipinski definition) is 4. The van der Waals surface area contributed by atoms with E-state index in [4.69, 9.17) is 0 Å². The molecule has 1 heterocycles. The van der Waals surface area contributed by atoms with Gasteiger partial charge in [0.2, 0.25) is 0 Å². The molecule has 2 rings (SSSR count). The number of aliphatic hydroxyl groups excluding tert-OH is 1. The molecule has 0 aliphatic heterocycles. The summed E-state index contributed by atoms with van der Waals surface area (Å²) in [6.45, 7) is 2.72. The van der Waals surface area contributed by atoms with E-state index < -0.39 is 4.92 Å². The quantitative estimate of drug-likeness (QED) is 0.638. The Morgan fingerprint density at radius 1 is 1.52 bits per heavy atom. The van der Waals surface area contributed by atoms with Crippen LogP contribution in [0.1, 0.15) is 43.1 Å². The molecule has 7 nitrogen and oxygen atoms in total. The van der Waals surface area contributed by atoms with Gasteiger partial charge in [-0.25, -0.2) is 0 Å². The minimum Gasteiger partial charge on any atom is -0.393 e. The summed E-state index contributed by atoms with van der Waals surface area (Å²) in [5.41, 5.74) is 0.203. The van der Waals surface area contributed by atoms with Crippen LogP contribution < -0.4 is 5.32 Å². The highest BCUT2D eigenvalue weighted by Gasteiger charge is 2.24. The number of aliphatic hydroxyl groups is 1. The van der Waals surface area contributed by atoms with E-state index in [1.165, 1.54) is 12.3 Å². The smallest absolute Gasteiger partial charge is 0.287 e. The van der Waals surface area contributed by atoms with Crippen LogP contribution in [-0.4, -0.2) is 33.2 Å². The number of hydrogen-bond donors (Lipinski definition) is 2. The highest BCUT2D eigenvalue weighted by Crippen LogP contribution is 2.24. The summed E-state index contributed by atoms with van der Waals surface area (Å²) in [5, 5.41) is 23.4. The van der Waals surface area contributed by atoms with Crippen LogP contribution in [0.4, 0.5) is 5.69 Å². The van der Waals surface area contributed by atoms with Crippen LogP contribution in [0.5, 0.6) is 0 Å². The fraction of sp³-hybridized carbons (Fsp3) is 0.643. The zero-order valence-electron chi connectivity index (χ0n) is 12.1. The van der Waals surface area contributed by atoms with Crippen LogP contribution in [0.3, 0.4) is 0 Å². The number of amides is 1. The van der Waals surface area contributed by atoms with Crippen molar-refractivity contribution in [2.75, 3.05) is 6.54 Å². The molecule has 0 radical (unpaired) electrons. The van der Waals surface area contributed by atoms with E-state index in [1.807, 2.05) is 6.92 Å². The van der Waals surface area contributed by atoms with Crippen molar-refractivity contribution in [2.24, 2.45) is 5.92 Å². The van der Waals surface area contributed by atoms with Gasteiger partial charge in [0.25, 0.3) is 11.6 Å². The highest BCUT2D eigenvalue weighted by atomic mass is 16.6. The molecule has 2 unspecified atom stereocenters. The molecule has 0 aromatic carbocycles. The molecule has 1 fully saturated rings. The van der Waals surface area contributed by atoms with Gasteiger partial charge in [-0.3, -0.25) is 14.9 Å². The molecule has 116 valence electrons. The summed E-state index contributed by atoms with van der Waals surface area (Å²) in [7, 11) is 0. The van der Waals surface area contributed by atoms with Gasteiger partial charge in [0.05, 0.1) is 17.2 Å². The molecule has 0 bridgehead atoms. The summed E-state index contributed by atoms with van der Waals surface area (Å²) in [5.74, 6) is -0.259. The molecule has 1 aliphatic rings. The van der Waals surface area contributed by atoms with Crippen molar-refractivity contribution in [2.45, 2.75) is 45.3 Å². The third-order valence-electron chi connectivity index (χ3n) is 4.06. The number of carbonyl (C=O) groups excluding carboxylic acids is 1. The summed E-state index contributed by atoms with van der Waals surface area (Å²) in [4.78, 5) is 22.4. The zero-order chi connectivity index (χ0) is 15.4. The van der Waals surface area contributed by atoms with Crippen LogP contribution in [-0.2, 0) is 6.54 Å². The van der Waals surface area contributed by atoms with Crippen molar-refractivity contribution in [3.63, 3.8) is 0 Å². The van der Waals surface area contributed by atoms with Gasteiger partial charge in [0.1, 0.15) is 5.69 Å². The summed E-state index contributed by atoms with van der Waals surface area (Å²) < 4.78 is 1.56. The van der Waals surface area contributed by atoms with Crippen molar-refractivity contribution in [1.82, 2.24) is 9.88 Å². The number of rotatable bonds is 5. The Kier molecular flexibility index (Phi) is 4.95. The Hall–Kier alpha value is -1.89. The van der Waals surface area contributed by atoms with E-state index in [9.17, 15) is 20.0 Å². The van der Waals surface area contributed by atoms with Crippen molar-refractivity contribution in [1.29, 1.82) is 0 Å². The Balaban J connectivity index is 2.01. The van der Waals surface area contributed by atoms with E-state index in [0.29, 0.717) is 13.1 Å². The fourth-order valence-corrected chi connectivity index (χ4v) is 2.79. The molecule has 2 atom stereocenters. The largest absolute Gasteiger partial charge is 0.393 e. The van der Waals surface area contributed by atoms with Crippen molar-refractivity contribution >= 4 is 11.6 Å². The molecule has 1 aromatic rings. The first kappa shape index (κ1) is 15.5. The maximum absolute atomic E-state index is 12.2. The fourth-order valence-electron chi connectivity index (χ4n) is 2.79. The monoisotopic (exact) mass is 295 g/mol. The molecular weight excluding hydrogens is 274 g/mol. The van der Waals surface area contributed by atoms with Crippen LogP contribution in [0.25, 0.3) is 0 Å². The van der Waals surface area contributed by atoms with Gasteiger partial charge in [-0.15, -0.1) is 0 Å². The molecule has 1 aliphatic carbocycles. The first-order chi connectivity index (χ1) is 10.0. The number of carbonyl (C=O) groups is 1. The minimum absolute atomic E-state index is 0.0720. The van der Waals surface area contributed by atoms with E-state index in [1.54, 1.807) is 4.57 Å².